The lowest BCUT2D eigenvalue weighted by molar-refractivity contribution is -0.154. The van der Waals surface area contributed by atoms with Gasteiger partial charge in [-0.3, -0.25) is 4.79 Å². The van der Waals surface area contributed by atoms with Crippen molar-refractivity contribution in [2.45, 2.75) is 19.1 Å². The maximum Gasteiger partial charge on any atom is 0.422 e. The Hall–Kier alpha value is -3.01. The van der Waals surface area contributed by atoms with Crippen molar-refractivity contribution in [1.29, 1.82) is 0 Å². The number of nitrogens with zero attached hydrogens (tertiary/aromatic N) is 1. The average molecular weight is 428 g/mol. The van der Waals surface area contributed by atoms with E-state index in [1.165, 1.54) is 19.2 Å². The van der Waals surface area contributed by atoms with E-state index in [9.17, 15) is 18.0 Å². The van der Waals surface area contributed by atoms with Gasteiger partial charge >= 0.3 is 6.18 Å². The predicted octanol–water partition coefficient (Wildman–Crippen LogP) is 3.55. The Bertz CT molecular complexity index is 828. The predicted molar refractivity (Wildman–Crippen MR) is 102 cm³/mol. The van der Waals surface area contributed by atoms with Gasteiger partial charge in [-0.15, -0.1) is 0 Å². The van der Waals surface area contributed by atoms with Gasteiger partial charge in [0.15, 0.2) is 18.1 Å². The number of carbonyl (C=O) groups excluding carboxylic acids is 1. The molecular formula is C20H23F3N2O5. The summed E-state index contributed by atoms with van der Waals surface area (Å²) in [4.78, 5) is 16.1. The zero-order valence-electron chi connectivity index (χ0n) is 16.8. The number of benzene rings is 1. The van der Waals surface area contributed by atoms with E-state index in [4.69, 9.17) is 14.2 Å². The molecular weight excluding hydrogens is 405 g/mol. The van der Waals surface area contributed by atoms with Crippen LogP contribution in [0.2, 0.25) is 0 Å². The smallest absolute Gasteiger partial charge is 0.422 e. The van der Waals surface area contributed by atoms with Gasteiger partial charge in [0, 0.05) is 19.4 Å². The summed E-state index contributed by atoms with van der Waals surface area (Å²) in [6.07, 6.45) is -3.31. The zero-order valence-corrected chi connectivity index (χ0v) is 16.8. The summed E-state index contributed by atoms with van der Waals surface area (Å²) in [5.41, 5.74) is 0.963. The molecule has 1 N–H and O–H groups in total. The number of alkyl halides is 3. The number of hydrogen-bond acceptors (Lipinski definition) is 6. The number of nitrogens with one attached hydrogen (secondary N) is 1. The zero-order chi connectivity index (χ0) is 22.1. The van der Waals surface area contributed by atoms with Crippen LogP contribution < -0.4 is 19.5 Å². The fourth-order valence-electron chi connectivity index (χ4n) is 2.43. The van der Waals surface area contributed by atoms with Gasteiger partial charge in [-0.05, 0) is 30.7 Å². The molecule has 7 nitrogen and oxygen atoms in total. The van der Waals surface area contributed by atoms with E-state index in [2.05, 4.69) is 15.0 Å². The summed E-state index contributed by atoms with van der Waals surface area (Å²) in [7, 11) is 3.09. The molecule has 30 heavy (non-hydrogen) atoms. The maximum atomic E-state index is 12.4. The van der Waals surface area contributed by atoms with E-state index in [0.29, 0.717) is 24.7 Å². The third kappa shape index (κ3) is 7.11. The largest absolute Gasteiger partial charge is 0.493 e. The second-order valence-electron chi connectivity index (χ2n) is 6.24. The van der Waals surface area contributed by atoms with Crippen molar-refractivity contribution in [3.63, 3.8) is 0 Å². The van der Waals surface area contributed by atoms with E-state index >= 15 is 0 Å². The quantitative estimate of drug-likeness (QED) is 0.583. The molecule has 1 heterocycles. The van der Waals surface area contributed by atoms with Gasteiger partial charge in [0.1, 0.15) is 6.61 Å². The van der Waals surface area contributed by atoms with Crippen LogP contribution in [0.1, 0.15) is 28.9 Å². The van der Waals surface area contributed by atoms with E-state index in [0.717, 1.165) is 11.8 Å². The molecule has 164 valence electrons. The summed E-state index contributed by atoms with van der Waals surface area (Å²) in [5.74, 6) is 0.412. The van der Waals surface area contributed by atoms with E-state index in [-0.39, 0.29) is 17.5 Å². The van der Waals surface area contributed by atoms with Crippen molar-refractivity contribution in [2.75, 3.05) is 34.0 Å². The number of amides is 1. The van der Waals surface area contributed by atoms with Gasteiger partial charge in [0.05, 0.1) is 25.3 Å². The molecule has 0 saturated heterocycles. The molecule has 1 unspecified atom stereocenters. The normalized spacial score (nSPS) is 12.2. The van der Waals surface area contributed by atoms with E-state index in [1.807, 2.05) is 0 Å². The highest BCUT2D eigenvalue weighted by Gasteiger charge is 2.28. The van der Waals surface area contributed by atoms with E-state index < -0.39 is 18.7 Å². The lowest BCUT2D eigenvalue weighted by Gasteiger charge is -2.17. The third-order valence-corrected chi connectivity index (χ3v) is 3.96. The van der Waals surface area contributed by atoms with Crippen molar-refractivity contribution in [3.05, 3.63) is 47.7 Å². The van der Waals surface area contributed by atoms with Crippen LogP contribution in [0.4, 0.5) is 13.2 Å². The summed E-state index contributed by atoms with van der Waals surface area (Å²) >= 11 is 0. The minimum atomic E-state index is -4.46. The van der Waals surface area contributed by atoms with Gasteiger partial charge in [0.25, 0.3) is 5.91 Å². The molecule has 0 radical (unpaired) electrons. The Morgan fingerprint density at radius 1 is 1.10 bits per heavy atom. The molecule has 0 fully saturated rings. The minimum absolute atomic E-state index is 0.188. The SMILES string of the molecule is COCCOc1ccc(C(C)NC(=O)c2ccc(OCC(F)(F)F)nc2)cc1OC. The van der Waals surface area contributed by atoms with Crippen LogP contribution in [0.15, 0.2) is 36.5 Å². The van der Waals surface area contributed by atoms with Crippen LogP contribution in [0, 0.1) is 0 Å². The van der Waals surface area contributed by atoms with Crippen LogP contribution in [0.3, 0.4) is 0 Å². The molecule has 1 amide bonds. The fraction of sp³-hybridized carbons (Fsp3) is 0.400. The maximum absolute atomic E-state index is 12.4. The number of rotatable bonds is 10. The standard InChI is InChI=1S/C20H23F3N2O5/c1-13(14-4-6-16(17(10-14)28-3)29-9-8-27-2)25-19(26)15-5-7-18(24-11-15)30-12-20(21,22)23/h4-7,10-11,13H,8-9,12H2,1-3H3,(H,25,26). The number of aromatic nitrogens is 1. The second-order valence-corrected chi connectivity index (χ2v) is 6.24. The molecule has 2 aromatic rings. The highest BCUT2D eigenvalue weighted by Crippen LogP contribution is 2.30. The summed E-state index contributed by atoms with van der Waals surface area (Å²) < 4.78 is 56.9. The number of pyridine rings is 1. The van der Waals surface area contributed by atoms with Crippen LogP contribution in [-0.2, 0) is 4.74 Å². The lowest BCUT2D eigenvalue weighted by atomic mass is 10.1. The summed E-state index contributed by atoms with van der Waals surface area (Å²) in [5, 5.41) is 2.80. The Morgan fingerprint density at radius 2 is 1.87 bits per heavy atom. The summed E-state index contributed by atoms with van der Waals surface area (Å²) in [6, 6.07) is 7.46. The molecule has 1 aromatic heterocycles. The molecule has 10 heteroatoms. The van der Waals surface area contributed by atoms with Crippen LogP contribution in [-0.4, -0.2) is 51.1 Å². The van der Waals surface area contributed by atoms with Gasteiger partial charge < -0.3 is 24.3 Å². The van der Waals surface area contributed by atoms with Crippen molar-refractivity contribution >= 4 is 5.91 Å². The molecule has 0 bridgehead atoms. The van der Waals surface area contributed by atoms with Crippen molar-refractivity contribution in [1.82, 2.24) is 10.3 Å². The number of carbonyl (C=O) groups is 1. The lowest BCUT2D eigenvalue weighted by Crippen LogP contribution is -2.26. The number of ether oxygens (including phenoxy) is 4. The highest BCUT2D eigenvalue weighted by atomic mass is 19.4. The topological polar surface area (TPSA) is 78.9 Å². The van der Waals surface area contributed by atoms with Crippen LogP contribution in [0.25, 0.3) is 0 Å². The van der Waals surface area contributed by atoms with Crippen LogP contribution >= 0.6 is 0 Å². The van der Waals surface area contributed by atoms with Gasteiger partial charge in [0.2, 0.25) is 5.88 Å². The molecule has 0 aliphatic carbocycles. The van der Waals surface area contributed by atoms with E-state index in [1.54, 1.807) is 32.2 Å². The van der Waals surface area contributed by atoms with Crippen molar-refractivity contribution in [2.24, 2.45) is 0 Å². The molecule has 1 aromatic carbocycles. The second kappa shape index (κ2) is 10.7. The molecule has 1 atom stereocenters. The van der Waals surface area contributed by atoms with Gasteiger partial charge in [-0.1, -0.05) is 6.07 Å². The van der Waals surface area contributed by atoms with Crippen molar-refractivity contribution in [3.8, 4) is 17.4 Å². The first-order valence-corrected chi connectivity index (χ1v) is 8.99. The minimum Gasteiger partial charge on any atom is -0.493 e. The Balaban J connectivity index is 1.99. The average Bonchev–Trinajstić information content (AvgIpc) is 2.72. The Morgan fingerprint density at radius 3 is 2.47 bits per heavy atom. The first kappa shape index (κ1) is 23.3. The van der Waals surface area contributed by atoms with Crippen molar-refractivity contribution < 1.29 is 36.9 Å². The molecule has 2 rings (SSSR count). The third-order valence-electron chi connectivity index (χ3n) is 3.96. The van der Waals surface area contributed by atoms with Crippen LogP contribution in [0.5, 0.6) is 17.4 Å². The molecule has 0 spiro atoms. The first-order chi connectivity index (χ1) is 14.2. The first-order valence-electron chi connectivity index (χ1n) is 8.99. The molecule has 0 aliphatic heterocycles. The monoisotopic (exact) mass is 428 g/mol. The fourth-order valence-corrected chi connectivity index (χ4v) is 2.43. The van der Waals surface area contributed by atoms with Gasteiger partial charge in [-0.2, -0.15) is 13.2 Å². The summed E-state index contributed by atoms with van der Waals surface area (Å²) in [6.45, 7) is 1.14. The highest BCUT2D eigenvalue weighted by molar-refractivity contribution is 5.94. The molecule has 0 aliphatic rings. The van der Waals surface area contributed by atoms with Gasteiger partial charge in [-0.25, -0.2) is 4.98 Å². The number of halogens is 3. The molecule has 0 saturated carbocycles. The number of methoxy groups -OCH3 is 2. The Labute approximate surface area is 172 Å². The Kier molecular flexibility index (Phi) is 8.28. The number of hydrogen-bond donors (Lipinski definition) is 1.